The highest BCUT2D eigenvalue weighted by Gasteiger charge is 2.35. The third kappa shape index (κ3) is 3.18. The average Bonchev–Trinajstić information content (AvgIpc) is 2.70. The smallest absolute Gasteiger partial charge is 0.290 e. The van der Waals surface area contributed by atoms with Crippen LogP contribution in [0.25, 0.3) is 0 Å². The fourth-order valence-corrected chi connectivity index (χ4v) is 4.20. The third-order valence-corrected chi connectivity index (χ3v) is 5.73. The summed E-state index contributed by atoms with van der Waals surface area (Å²) in [6.45, 7) is 0. The number of rotatable bonds is 4. The Morgan fingerprint density at radius 1 is 0.759 bits per heavy atom. The molecule has 4 rings (SSSR count). The first kappa shape index (κ1) is 18.9. The Labute approximate surface area is 166 Å². The van der Waals surface area contributed by atoms with E-state index in [-0.39, 0.29) is 39.3 Å². The Morgan fingerprint density at radius 3 is 1.90 bits per heavy atom. The molecule has 3 aromatic rings. The number of carbonyl (C=O) groups is 2. The Morgan fingerprint density at radius 2 is 1.31 bits per heavy atom. The molecule has 0 heterocycles. The quantitative estimate of drug-likeness (QED) is 0.350. The van der Waals surface area contributed by atoms with Gasteiger partial charge < -0.3 is 10.4 Å². The molecular formula is C21H15NO6S. The van der Waals surface area contributed by atoms with Crippen molar-refractivity contribution in [3.05, 3.63) is 94.5 Å². The van der Waals surface area contributed by atoms with Gasteiger partial charge in [-0.05, 0) is 17.7 Å². The SMILES string of the molecule is O=C1c2ccccc2C(=O)c2c(NC(c3ccccc3)S(=O)(=O)O)ccc(O)c21. The lowest BCUT2D eigenvalue weighted by atomic mass is 9.82. The lowest BCUT2D eigenvalue weighted by Crippen LogP contribution is -2.26. The molecule has 7 nitrogen and oxygen atoms in total. The van der Waals surface area contributed by atoms with Crippen LogP contribution in [0, 0.1) is 0 Å². The first-order chi connectivity index (χ1) is 13.8. The van der Waals surface area contributed by atoms with Gasteiger partial charge in [0.2, 0.25) is 0 Å². The van der Waals surface area contributed by atoms with Gasteiger partial charge in [-0.1, -0.05) is 54.6 Å². The van der Waals surface area contributed by atoms with Crippen molar-refractivity contribution in [1.29, 1.82) is 0 Å². The maximum absolute atomic E-state index is 13.1. The maximum atomic E-state index is 13.1. The zero-order valence-corrected chi connectivity index (χ0v) is 15.7. The number of carbonyl (C=O) groups excluding carboxylic acids is 2. The largest absolute Gasteiger partial charge is 0.507 e. The van der Waals surface area contributed by atoms with E-state index in [1.54, 1.807) is 30.3 Å². The number of hydrogen-bond donors (Lipinski definition) is 3. The first-order valence-electron chi connectivity index (χ1n) is 8.61. The highest BCUT2D eigenvalue weighted by molar-refractivity contribution is 7.86. The van der Waals surface area contributed by atoms with E-state index in [9.17, 15) is 27.7 Å². The number of hydrogen-bond acceptors (Lipinski definition) is 6. The Bertz CT molecular complexity index is 1250. The normalized spacial score (nSPS) is 14.1. The van der Waals surface area contributed by atoms with Crippen molar-refractivity contribution in [3.63, 3.8) is 0 Å². The van der Waals surface area contributed by atoms with Crippen molar-refractivity contribution in [2.45, 2.75) is 5.37 Å². The molecule has 0 saturated carbocycles. The number of fused-ring (bicyclic) bond motifs is 2. The van der Waals surface area contributed by atoms with Gasteiger partial charge in [0.25, 0.3) is 10.1 Å². The van der Waals surface area contributed by atoms with Gasteiger partial charge in [0, 0.05) is 16.8 Å². The summed E-state index contributed by atoms with van der Waals surface area (Å²) >= 11 is 0. The molecular weight excluding hydrogens is 394 g/mol. The minimum atomic E-state index is -4.61. The minimum absolute atomic E-state index is 0.0112. The summed E-state index contributed by atoms with van der Waals surface area (Å²) < 4.78 is 33.7. The molecule has 1 unspecified atom stereocenters. The molecule has 1 atom stereocenters. The number of benzene rings is 3. The monoisotopic (exact) mass is 409 g/mol. The van der Waals surface area contributed by atoms with E-state index in [0.29, 0.717) is 0 Å². The molecule has 3 N–H and O–H groups in total. The van der Waals surface area contributed by atoms with Crippen LogP contribution in [0.4, 0.5) is 5.69 Å². The van der Waals surface area contributed by atoms with Gasteiger partial charge in [-0.15, -0.1) is 0 Å². The number of anilines is 1. The topological polar surface area (TPSA) is 121 Å². The van der Waals surface area contributed by atoms with Crippen LogP contribution < -0.4 is 5.32 Å². The van der Waals surface area contributed by atoms with E-state index >= 15 is 0 Å². The summed E-state index contributed by atoms with van der Waals surface area (Å²) in [7, 11) is -4.61. The summed E-state index contributed by atoms with van der Waals surface area (Å²) in [5.41, 5.74) is 0.219. The van der Waals surface area contributed by atoms with E-state index in [2.05, 4.69) is 5.32 Å². The molecule has 0 aliphatic heterocycles. The van der Waals surface area contributed by atoms with Crippen molar-refractivity contribution in [1.82, 2.24) is 0 Å². The fraction of sp³-hybridized carbons (Fsp3) is 0.0476. The number of phenols is 1. The van der Waals surface area contributed by atoms with Crippen LogP contribution in [0.2, 0.25) is 0 Å². The molecule has 3 aromatic carbocycles. The van der Waals surface area contributed by atoms with Gasteiger partial charge >= 0.3 is 0 Å². The first-order valence-corrected chi connectivity index (χ1v) is 10.1. The third-order valence-electron chi connectivity index (χ3n) is 4.74. The summed E-state index contributed by atoms with van der Waals surface area (Å²) in [5, 5.41) is 11.3. The Kier molecular flexibility index (Phi) is 4.45. The zero-order valence-electron chi connectivity index (χ0n) is 14.9. The standard InChI is InChI=1S/C21H15NO6S/c23-16-11-10-15(22-21(29(26,27)28)12-6-2-1-3-7-12)17-18(16)20(25)14-9-5-4-8-13(14)19(17)24/h1-11,21-23H,(H,26,27,28). The van der Waals surface area contributed by atoms with Crippen LogP contribution in [-0.4, -0.2) is 29.6 Å². The second kappa shape index (κ2) is 6.84. The van der Waals surface area contributed by atoms with Crippen molar-refractivity contribution in [3.8, 4) is 5.75 Å². The van der Waals surface area contributed by atoms with Crippen LogP contribution in [0.1, 0.15) is 42.8 Å². The highest BCUT2D eigenvalue weighted by atomic mass is 32.2. The van der Waals surface area contributed by atoms with Crippen LogP contribution in [0.5, 0.6) is 5.75 Å². The molecule has 0 saturated heterocycles. The Hall–Kier alpha value is -3.49. The van der Waals surface area contributed by atoms with Gasteiger partial charge in [-0.25, -0.2) is 0 Å². The lowest BCUT2D eigenvalue weighted by molar-refractivity contribution is 0.0977. The average molecular weight is 409 g/mol. The maximum Gasteiger partial charge on any atom is 0.290 e. The molecule has 1 aliphatic carbocycles. The lowest BCUT2D eigenvalue weighted by Gasteiger charge is -2.24. The molecule has 29 heavy (non-hydrogen) atoms. The molecule has 0 bridgehead atoms. The van der Waals surface area contributed by atoms with Gasteiger partial charge in [0.1, 0.15) is 5.75 Å². The molecule has 0 radical (unpaired) electrons. The number of nitrogens with one attached hydrogen (secondary N) is 1. The number of aromatic hydroxyl groups is 1. The number of ketones is 2. The van der Waals surface area contributed by atoms with Gasteiger partial charge in [-0.2, -0.15) is 8.42 Å². The summed E-state index contributed by atoms with van der Waals surface area (Å²) in [6.07, 6.45) is 0. The highest BCUT2D eigenvalue weighted by Crippen LogP contribution is 2.38. The molecule has 0 aromatic heterocycles. The van der Waals surface area contributed by atoms with Crippen LogP contribution in [0.3, 0.4) is 0 Å². The zero-order chi connectivity index (χ0) is 20.8. The summed E-state index contributed by atoms with van der Waals surface area (Å²) in [6, 6.07) is 16.6. The molecule has 1 aliphatic rings. The molecule has 146 valence electrons. The molecule has 8 heteroatoms. The van der Waals surface area contributed by atoms with Gasteiger partial charge in [-0.3, -0.25) is 14.1 Å². The second-order valence-corrected chi connectivity index (χ2v) is 8.04. The summed E-state index contributed by atoms with van der Waals surface area (Å²) in [5.74, 6) is -1.46. The van der Waals surface area contributed by atoms with Crippen LogP contribution in [0.15, 0.2) is 66.7 Å². The van der Waals surface area contributed by atoms with E-state index in [0.717, 1.165) is 0 Å². The fourth-order valence-electron chi connectivity index (χ4n) is 3.42. The predicted molar refractivity (Wildman–Crippen MR) is 106 cm³/mol. The van der Waals surface area contributed by atoms with E-state index < -0.39 is 27.1 Å². The van der Waals surface area contributed by atoms with E-state index in [1.807, 2.05) is 0 Å². The summed E-state index contributed by atoms with van der Waals surface area (Å²) in [4.78, 5) is 26.0. The second-order valence-electron chi connectivity index (χ2n) is 6.54. The number of phenolic OH excluding ortho intramolecular Hbond substituents is 1. The van der Waals surface area contributed by atoms with Crippen molar-refractivity contribution >= 4 is 27.4 Å². The van der Waals surface area contributed by atoms with Crippen molar-refractivity contribution in [2.75, 3.05) is 5.32 Å². The van der Waals surface area contributed by atoms with Crippen molar-refractivity contribution in [2.24, 2.45) is 0 Å². The van der Waals surface area contributed by atoms with Crippen LogP contribution in [-0.2, 0) is 10.1 Å². The minimum Gasteiger partial charge on any atom is -0.507 e. The Balaban J connectivity index is 1.89. The predicted octanol–water partition coefficient (Wildman–Crippen LogP) is 3.17. The van der Waals surface area contributed by atoms with E-state index in [1.165, 1.54) is 36.4 Å². The molecule has 0 spiro atoms. The van der Waals surface area contributed by atoms with E-state index in [4.69, 9.17) is 0 Å². The van der Waals surface area contributed by atoms with Crippen molar-refractivity contribution < 1.29 is 27.7 Å². The van der Waals surface area contributed by atoms with Gasteiger partial charge in [0.05, 0.1) is 11.1 Å². The molecule has 0 fully saturated rings. The van der Waals surface area contributed by atoms with Gasteiger partial charge in [0.15, 0.2) is 16.9 Å². The van der Waals surface area contributed by atoms with Crippen LogP contribution >= 0.6 is 0 Å². The molecule has 0 amide bonds.